The molecule has 2 N–H and O–H groups in total. The SMILES string of the molecule is CCc1c(NC)ncnc1NCCCCSC. The zero-order chi connectivity index (χ0) is 12.5. The van der Waals surface area contributed by atoms with E-state index in [0.29, 0.717) is 0 Å². The maximum absolute atomic E-state index is 4.31. The number of nitrogens with zero attached hydrogens (tertiary/aromatic N) is 2. The van der Waals surface area contributed by atoms with E-state index in [1.54, 1.807) is 6.33 Å². The van der Waals surface area contributed by atoms with E-state index < -0.39 is 0 Å². The Morgan fingerprint density at radius 2 is 2.00 bits per heavy atom. The molecule has 0 radical (unpaired) electrons. The zero-order valence-corrected chi connectivity index (χ0v) is 11.7. The molecule has 0 aromatic carbocycles. The molecule has 17 heavy (non-hydrogen) atoms. The van der Waals surface area contributed by atoms with Crippen LogP contribution in [0.2, 0.25) is 0 Å². The molecule has 5 heteroatoms. The molecule has 1 rings (SSSR count). The number of hydrogen-bond donors (Lipinski definition) is 2. The van der Waals surface area contributed by atoms with Gasteiger partial charge in [-0.2, -0.15) is 11.8 Å². The maximum atomic E-state index is 4.31. The second-order valence-electron chi connectivity index (χ2n) is 3.78. The maximum Gasteiger partial charge on any atom is 0.134 e. The van der Waals surface area contributed by atoms with Gasteiger partial charge < -0.3 is 10.6 Å². The molecular weight excluding hydrogens is 232 g/mol. The Labute approximate surface area is 108 Å². The molecule has 0 atom stereocenters. The highest BCUT2D eigenvalue weighted by atomic mass is 32.2. The van der Waals surface area contributed by atoms with E-state index in [9.17, 15) is 0 Å². The van der Waals surface area contributed by atoms with Crippen LogP contribution in [0.5, 0.6) is 0 Å². The van der Waals surface area contributed by atoms with Gasteiger partial charge in [-0.1, -0.05) is 6.92 Å². The van der Waals surface area contributed by atoms with E-state index in [-0.39, 0.29) is 0 Å². The van der Waals surface area contributed by atoms with Crippen LogP contribution < -0.4 is 10.6 Å². The predicted octanol–water partition coefficient (Wildman–Crippen LogP) is 2.64. The second kappa shape index (κ2) is 8.17. The molecule has 0 saturated heterocycles. The number of anilines is 2. The molecule has 0 spiro atoms. The van der Waals surface area contributed by atoms with Gasteiger partial charge in [0.2, 0.25) is 0 Å². The Bertz CT molecular complexity index is 330. The Balaban J connectivity index is 2.52. The van der Waals surface area contributed by atoms with Crippen molar-refractivity contribution >= 4 is 23.4 Å². The van der Waals surface area contributed by atoms with Crippen LogP contribution in [-0.2, 0) is 6.42 Å². The summed E-state index contributed by atoms with van der Waals surface area (Å²) < 4.78 is 0. The fraction of sp³-hybridized carbons (Fsp3) is 0.667. The van der Waals surface area contributed by atoms with Crippen molar-refractivity contribution in [2.45, 2.75) is 26.2 Å². The highest BCUT2D eigenvalue weighted by molar-refractivity contribution is 7.98. The Kier molecular flexibility index (Phi) is 6.77. The smallest absolute Gasteiger partial charge is 0.134 e. The summed E-state index contributed by atoms with van der Waals surface area (Å²) in [5, 5.41) is 6.50. The predicted molar refractivity (Wildman–Crippen MR) is 77.1 cm³/mol. The number of rotatable bonds is 8. The molecule has 96 valence electrons. The van der Waals surface area contributed by atoms with Crippen LogP contribution in [0.15, 0.2) is 6.33 Å². The monoisotopic (exact) mass is 254 g/mol. The van der Waals surface area contributed by atoms with Crippen molar-refractivity contribution in [3.63, 3.8) is 0 Å². The van der Waals surface area contributed by atoms with Crippen LogP contribution in [0.3, 0.4) is 0 Å². The lowest BCUT2D eigenvalue weighted by Crippen LogP contribution is -2.09. The number of hydrogen-bond acceptors (Lipinski definition) is 5. The molecule has 0 aliphatic rings. The molecule has 0 aliphatic heterocycles. The van der Waals surface area contributed by atoms with Gasteiger partial charge in [0.25, 0.3) is 0 Å². The first-order chi connectivity index (χ1) is 8.33. The summed E-state index contributed by atoms with van der Waals surface area (Å²) in [7, 11) is 1.89. The molecule has 1 aromatic rings. The van der Waals surface area contributed by atoms with E-state index in [0.717, 1.165) is 24.6 Å². The van der Waals surface area contributed by atoms with Crippen molar-refractivity contribution in [1.29, 1.82) is 0 Å². The minimum Gasteiger partial charge on any atom is -0.373 e. The van der Waals surface area contributed by atoms with Gasteiger partial charge in [-0.25, -0.2) is 9.97 Å². The topological polar surface area (TPSA) is 49.8 Å². The van der Waals surface area contributed by atoms with Crippen LogP contribution in [0.4, 0.5) is 11.6 Å². The first-order valence-corrected chi connectivity index (χ1v) is 7.47. The first kappa shape index (κ1) is 14.1. The van der Waals surface area contributed by atoms with Gasteiger partial charge in [-0.05, 0) is 31.3 Å². The van der Waals surface area contributed by atoms with Crippen LogP contribution in [0.25, 0.3) is 0 Å². The minimum atomic E-state index is 0.925. The van der Waals surface area contributed by atoms with Crippen molar-refractivity contribution in [1.82, 2.24) is 9.97 Å². The molecule has 0 unspecified atom stereocenters. The molecule has 0 aliphatic carbocycles. The Morgan fingerprint density at radius 1 is 1.24 bits per heavy atom. The minimum absolute atomic E-state index is 0.925. The average molecular weight is 254 g/mol. The fourth-order valence-electron chi connectivity index (χ4n) is 1.69. The van der Waals surface area contributed by atoms with Crippen molar-refractivity contribution in [2.75, 3.05) is 36.2 Å². The van der Waals surface area contributed by atoms with Gasteiger partial charge in [0.15, 0.2) is 0 Å². The summed E-state index contributed by atoms with van der Waals surface area (Å²) in [5.74, 6) is 3.12. The van der Waals surface area contributed by atoms with E-state index in [4.69, 9.17) is 0 Å². The van der Waals surface area contributed by atoms with Crippen molar-refractivity contribution in [2.24, 2.45) is 0 Å². The summed E-state index contributed by atoms with van der Waals surface area (Å²) in [4.78, 5) is 8.53. The highest BCUT2D eigenvalue weighted by Gasteiger charge is 2.07. The van der Waals surface area contributed by atoms with Crippen LogP contribution in [0.1, 0.15) is 25.3 Å². The third-order valence-electron chi connectivity index (χ3n) is 2.60. The molecule has 1 heterocycles. The normalized spacial score (nSPS) is 10.3. The molecule has 4 nitrogen and oxygen atoms in total. The van der Waals surface area contributed by atoms with Crippen molar-refractivity contribution in [3.8, 4) is 0 Å². The third-order valence-corrected chi connectivity index (χ3v) is 3.30. The van der Waals surface area contributed by atoms with Gasteiger partial charge in [0, 0.05) is 19.2 Å². The van der Waals surface area contributed by atoms with E-state index in [1.807, 2.05) is 18.8 Å². The lowest BCUT2D eigenvalue weighted by Gasteiger charge is -2.12. The largest absolute Gasteiger partial charge is 0.373 e. The molecule has 1 aromatic heterocycles. The average Bonchev–Trinajstić information content (AvgIpc) is 2.38. The second-order valence-corrected chi connectivity index (χ2v) is 4.77. The summed E-state index contributed by atoms with van der Waals surface area (Å²) >= 11 is 1.90. The lowest BCUT2D eigenvalue weighted by molar-refractivity contribution is 0.836. The van der Waals surface area contributed by atoms with Crippen molar-refractivity contribution in [3.05, 3.63) is 11.9 Å². The molecule has 0 amide bonds. The first-order valence-electron chi connectivity index (χ1n) is 6.07. The van der Waals surface area contributed by atoms with E-state index in [1.165, 1.54) is 24.2 Å². The summed E-state index contributed by atoms with van der Waals surface area (Å²) in [6, 6.07) is 0. The molecule has 0 fully saturated rings. The Hall–Kier alpha value is -0.970. The van der Waals surface area contributed by atoms with Crippen LogP contribution in [-0.4, -0.2) is 35.6 Å². The molecule has 0 bridgehead atoms. The van der Waals surface area contributed by atoms with Gasteiger partial charge in [0.05, 0.1) is 0 Å². The number of unbranched alkanes of at least 4 members (excludes halogenated alkanes) is 1. The van der Waals surface area contributed by atoms with Gasteiger partial charge in [-0.3, -0.25) is 0 Å². The number of aromatic nitrogens is 2. The van der Waals surface area contributed by atoms with Gasteiger partial charge in [0.1, 0.15) is 18.0 Å². The standard InChI is InChI=1S/C12H22N4S/c1-4-10-11(13-2)15-9-16-12(10)14-7-5-6-8-17-3/h9H,4-8H2,1-3H3,(H2,13,14,15,16). The van der Waals surface area contributed by atoms with Crippen LogP contribution >= 0.6 is 11.8 Å². The lowest BCUT2D eigenvalue weighted by atomic mass is 10.2. The molecular formula is C12H22N4S. The number of nitrogens with one attached hydrogen (secondary N) is 2. The van der Waals surface area contributed by atoms with E-state index >= 15 is 0 Å². The number of thioether (sulfide) groups is 1. The highest BCUT2D eigenvalue weighted by Crippen LogP contribution is 2.19. The van der Waals surface area contributed by atoms with E-state index in [2.05, 4.69) is 33.8 Å². The summed E-state index contributed by atoms with van der Waals surface area (Å²) in [6.07, 6.45) is 7.12. The van der Waals surface area contributed by atoms with Gasteiger partial charge in [-0.15, -0.1) is 0 Å². The quantitative estimate of drug-likeness (QED) is 0.698. The zero-order valence-electron chi connectivity index (χ0n) is 10.9. The fourth-order valence-corrected chi connectivity index (χ4v) is 2.19. The Morgan fingerprint density at radius 3 is 2.65 bits per heavy atom. The molecule has 0 saturated carbocycles. The summed E-state index contributed by atoms with van der Waals surface area (Å²) in [6.45, 7) is 3.10. The third kappa shape index (κ3) is 4.42. The van der Waals surface area contributed by atoms with Gasteiger partial charge >= 0.3 is 0 Å². The van der Waals surface area contributed by atoms with Crippen molar-refractivity contribution < 1.29 is 0 Å². The van der Waals surface area contributed by atoms with Crippen LogP contribution in [0, 0.1) is 0 Å². The summed E-state index contributed by atoms with van der Waals surface area (Å²) in [5.41, 5.74) is 1.17.